The molecular formula is C22H24N4O2. The van der Waals surface area contributed by atoms with Gasteiger partial charge in [0.25, 0.3) is 5.91 Å². The molecule has 6 nitrogen and oxygen atoms in total. The SMILES string of the molecule is CNC(=O)c1ccnc(N2CCC3(CC2)OCCc2c3[nH]c3ccccc23)c1. The lowest BCUT2D eigenvalue weighted by Gasteiger charge is -2.44. The van der Waals surface area contributed by atoms with Crippen LogP contribution < -0.4 is 10.2 Å². The number of aromatic nitrogens is 2. The number of H-pyrrole nitrogens is 1. The molecular weight excluding hydrogens is 352 g/mol. The number of fused-ring (bicyclic) bond motifs is 4. The lowest BCUT2D eigenvalue weighted by atomic mass is 9.83. The van der Waals surface area contributed by atoms with Crippen LogP contribution in [0.25, 0.3) is 10.9 Å². The second kappa shape index (κ2) is 6.63. The minimum absolute atomic E-state index is 0.0875. The van der Waals surface area contributed by atoms with Crippen molar-refractivity contribution in [2.24, 2.45) is 0 Å². The van der Waals surface area contributed by atoms with E-state index >= 15 is 0 Å². The summed E-state index contributed by atoms with van der Waals surface area (Å²) in [6.45, 7) is 2.46. The van der Waals surface area contributed by atoms with Crippen molar-refractivity contribution in [1.29, 1.82) is 0 Å². The summed E-state index contributed by atoms with van der Waals surface area (Å²) in [5, 5.41) is 3.99. The zero-order chi connectivity index (χ0) is 19.1. The Morgan fingerprint density at radius 1 is 1.25 bits per heavy atom. The van der Waals surface area contributed by atoms with Gasteiger partial charge in [0.15, 0.2) is 0 Å². The Kier molecular flexibility index (Phi) is 4.09. The minimum Gasteiger partial charge on any atom is -0.368 e. The van der Waals surface area contributed by atoms with E-state index in [1.165, 1.54) is 22.2 Å². The number of piperidine rings is 1. The maximum absolute atomic E-state index is 11.9. The van der Waals surface area contributed by atoms with Gasteiger partial charge in [0.05, 0.1) is 12.3 Å². The molecule has 1 amide bonds. The fourth-order valence-corrected chi connectivity index (χ4v) is 4.64. The molecule has 0 radical (unpaired) electrons. The van der Waals surface area contributed by atoms with Crippen LogP contribution >= 0.6 is 0 Å². The molecule has 28 heavy (non-hydrogen) atoms. The van der Waals surface area contributed by atoms with E-state index in [1.54, 1.807) is 19.3 Å². The quantitative estimate of drug-likeness (QED) is 0.721. The fourth-order valence-electron chi connectivity index (χ4n) is 4.64. The van der Waals surface area contributed by atoms with Gasteiger partial charge in [-0.15, -0.1) is 0 Å². The summed E-state index contributed by atoms with van der Waals surface area (Å²) in [4.78, 5) is 22.3. The monoisotopic (exact) mass is 376 g/mol. The van der Waals surface area contributed by atoms with Gasteiger partial charge >= 0.3 is 0 Å². The molecule has 0 aliphatic carbocycles. The summed E-state index contributed by atoms with van der Waals surface area (Å²) in [7, 11) is 1.64. The number of aromatic amines is 1. The zero-order valence-corrected chi connectivity index (χ0v) is 16.0. The molecule has 2 N–H and O–H groups in total. The third kappa shape index (κ3) is 2.67. The average Bonchev–Trinajstić information content (AvgIpc) is 3.14. The highest BCUT2D eigenvalue weighted by Gasteiger charge is 2.43. The molecule has 0 atom stereocenters. The van der Waals surface area contributed by atoms with Gasteiger partial charge in [-0.25, -0.2) is 4.98 Å². The third-order valence-corrected chi connectivity index (χ3v) is 6.13. The number of benzene rings is 1. The first-order valence-corrected chi connectivity index (χ1v) is 9.87. The number of nitrogens with one attached hydrogen (secondary N) is 2. The minimum atomic E-state index is -0.249. The van der Waals surface area contributed by atoms with Crippen molar-refractivity contribution in [2.45, 2.75) is 24.9 Å². The van der Waals surface area contributed by atoms with Crippen LogP contribution in [0.5, 0.6) is 0 Å². The molecule has 0 bridgehead atoms. The molecule has 2 aliphatic heterocycles. The van der Waals surface area contributed by atoms with Crippen molar-refractivity contribution in [3.05, 3.63) is 59.4 Å². The molecule has 2 aliphatic rings. The lowest BCUT2D eigenvalue weighted by Crippen LogP contribution is -2.47. The van der Waals surface area contributed by atoms with Crippen molar-refractivity contribution in [3.8, 4) is 0 Å². The van der Waals surface area contributed by atoms with Gasteiger partial charge < -0.3 is 19.9 Å². The molecule has 1 fully saturated rings. The third-order valence-electron chi connectivity index (χ3n) is 6.13. The number of hydrogen-bond donors (Lipinski definition) is 2. The predicted octanol–water partition coefficient (Wildman–Crippen LogP) is 2.99. The molecule has 6 heteroatoms. The van der Waals surface area contributed by atoms with E-state index in [4.69, 9.17) is 4.74 Å². The van der Waals surface area contributed by atoms with Gasteiger partial charge in [-0.2, -0.15) is 0 Å². The van der Waals surface area contributed by atoms with E-state index < -0.39 is 0 Å². The van der Waals surface area contributed by atoms with Gasteiger partial charge in [0.1, 0.15) is 11.4 Å². The summed E-state index contributed by atoms with van der Waals surface area (Å²) >= 11 is 0. The van der Waals surface area contributed by atoms with E-state index in [0.717, 1.165) is 44.8 Å². The van der Waals surface area contributed by atoms with Crippen molar-refractivity contribution in [3.63, 3.8) is 0 Å². The molecule has 4 heterocycles. The van der Waals surface area contributed by atoms with Gasteiger partial charge in [-0.3, -0.25) is 4.79 Å². The van der Waals surface area contributed by atoms with Crippen LogP contribution in [0.1, 0.15) is 34.5 Å². The molecule has 3 aromatic rings. The molecule has 144 valence electrons. The van der Waals surface area contributed by atoms with Crippen LogP contribution in [-0.2, 0) is 16.8 Å². The Balaban J connectivity index is 1.42. The molecule has 1 saturated heterocycles. The number of anilines is 1. The number of carbonyl (C=O) groups excluding carboxylic acids is 1. The van der Waals surface area contributed by atoms with Crippen LogP contribution in [0.15, 0.2) is 42.6 Å². The molecule has 1 spiro atoms. The van der Waals surface area contributed by atoms with Gasteiger partial charge in [0.2, 0.25) is 0 Å². The maximum Gasteiger partial charge on any atom is 0.251 e. The van der Waals surface area contributed by atoms with Crippen molar-refractivity contribution < 1.29 is 9.53 Å². The zero-order valence-electron chi connectivity index (χ0n) is 16.0. The van der Waals surface area contributed by atoms with Gasteiger partial charge in [0, 0.05) is 42.8 Å². The van der Waals surface area contributed by atoms with Gasteiger partial charge in [-0.1, -0.05) is 18.2 Å². The number of amides is 1. The number of rotatable bonds is 2. The highest BCUT2D eigenvalue weighted by atomic mass is 16.5. The number of hydrogen-bond acceptors (Lipinski definition) is 4. The van der Waals surface area contributed by atoms with Crippen molar-refractivity contribution >= 4 is 22.6 Å². The van der Waals surface area contributed by atoms with Crippen LogP contribution in [0, 0.1) is 0 Å². The Morgan fingerprint density at radius 3 is 2.89 bits per heavy atom. The van der Waals surface area contributed by atoms with Crippen LogP contribution in [0.3, 0.4) is 0 Å². The summed E-state index contributed by atoms with van der Waals surface area (Å²) in [5.74, 6) is 0.763. The number of ether oxygens (including phenoxy) is 1. The summed E-state index contributed by atoms with van der Waals surface area (Å²) < 4.78 is 6.38. The Morgan fingerprint density at radius 2 is 2.07 bits per heavy atom. The van der Waals surface area contributed by atoms with E-state index in [1.807, 2.05) is 6.07 Å². The first kappa shape index (κ1) is 17.3. The normalized spacial score (nSPS) is 18.2. The van der Waals surface area contributed by atoms with E-state index in [-0.39, 0.29) is 11.5 Å². The van der Waals surface area contributed by atoms with E-state index in [9.17, 15) is 4.79 Å². The van der Waals surface area contributed by atoms with Gasteiger partial charge in [-0.05, 0) is 43.0 Å². The highest BCUT2D eigenvalue weighted by molar-refractivity contribution is 5.94. The number of para-hydroxylation sites is 1. The second-order valence-electron chi connectivity index (χ2n) is 7.59. The molecule has 1 aromatic carbocycles. The van der Waals surface area contributed by atoms with Crippen LogP contribution in [0.2, 0.25) is 0 Å². The van der Waals surface area contributed by atoms with Crippen LogP contribution in [0.4, 0.5) is 5.82 Å². The highest BCUT2D eigenvalue weighted by Crippen LogP contribution is 2.43. The second-order valence-corrected chi connectivity index (χ2v) is 7.59. The first-order chi connectivity index (χ1) is 13.7. The smallest absolute Gasteiger partial charge is 0.251 e. The number of pyridine rings is 1. The summed E-state index contributed by atoms with van der Waals surface area (Å²) in [6, 6.07) is 12.1. The lowest BCUT2D eigenvalue weighted by molar-refractivity contribution is -0.0791. The standard InChI is InChI=1S/C22H24N4O2/c1-23-21(27)15-6-10-24-19(14-15)26-11-8-22(9-12-26)20-17(7-13-28-22)16-4-2-3-5-18(16)25-20/h2-6,10,14,25H,7-9,11-13H2,1H3,(H,23,27). The Labute approximate surface area is 163 Å². The summed E-state index contributed by atoms with van der Waals surface area (Å²) in [5.41, 5.74) is 4.25. The average molecular weight is 376 g/mol. The molecule has 0 unspecified atom stereocenters. The molecule has 5 rings (SSSR count). The number of nitrogens with zero attached hydrogens (tertiary/aromatic N) is 2. The number of carbonyl (C=O) groups is 1. The Bertz CT molecular complexity index is 1030. The topological polar surface area (TPSA) is 70.2 Å². The first-order valence-electron chi connectivity index (χ1n) is 9.87. The maximum atomic E-state index is 11.9. The predicted molar refractivity (Wildman–Crippen MR) is 109 cm³/mol. The fraction of sp³-hybridized carbons (Fsp3) is 0.364. The van der Waals surface area contributed by atoms with Crippen molar-refractivity contribution in [2.75, 3.05) is 31.6 Å². The van der Waals surface area contributed by atoms with E-state index in [2.05, 4.69) is 44.5 Å². The molecule has 2 aromatic heterocycles. The van der Waals surface area contributed by atoms with E-state index in [0.29, 0.717) is 5.56 Å². The Hall–Kier alpha value is -2.86. The van der Waals surface area contributed by atoms with Crippen molar-refractivity contribution in [1.82, 2.24) is 15.3 Å². The largest absolute Gasteiger partial charge is 0.368 e. The summed E-state index contributed by atoms with van der Waals surface area (Å²) in [6.07, 6.45) is 4.47. The molecule has 0 saturated carbocycles. The van der Waals surface area contributed by atoms with Crippen LogP contribution in [-0.4, -0.2) is 42.6 Å².